The Balaban J connectivity index is 4.00. The van der Waals surface area contributed by atoms with Crippen LogP contribution < -0.4 is 4.89 Å². The van der Waals surface area contributed by atoms with Gasteiger partial charge in [-0.2, -0.15) is 0 Å². The first-order valence-corrected chi connectivity index (χ1v) is 39.4. The van der Waals surface area contributed by atoms with Gasteiger partial charge in [0.05, 0.1) is 27.7 Å². The number of likely N-dealkylation sites (N-methyl/N-ethyl adjacent to an activating group) is 1. The van der Waals surface area contributed by atoms with Crippen LogP contribution in [-0.2, 0) is 32.7 Å². The number of hydrogen-bond acceptors (Lipinski definition) is 8. The third-order valence-electron chi connectivity index (χ3n) is 16.6. The van der Waals surface area contributed by atoms with Gasteiger partial charge in [0.15, 0.2) is 6.10 Å². The van der Waals surface area contributed by atoms with Gasteiger partial charge in [0.2, 0.25) is 0 Å². The minimum Gasteiger partial charge on any atom is -0.756 e. The van der Waals surface area contributed by atoms with Gasteiger partial charge in [-0.05, 0) is 96.3 Å². The number of carbonyl (C=O) groups is 2. The number of esters is 2. The van der Waals surface area contributed by atoms with E-state index in [0.717, 1.165) is 83.5 Å². The summed E-state index contributed by atoms with van der Waals surface area (Å²) in [5, 5.41) is 0. The van der Waals surface area contributed by atoms with Crippen molar-refractivity contribution in [2.75, 3.05) is 47.5 Å². The SMILES string of the molecule is CC/C=C\C/C=C\C/C=C\C/C=C\C/C=C\C/C=C\C/C=C\CCCCCCCCCCCCCCCCCC(=O)OC(COC(=O)CCCCCCCCCCCCCCCCCCC/C=C\CCCCCCCCCC)COP(=O)([O-])OCC[N+](C)(C)C. The summed E-state index contributed by atoms with van der Waals surface area (Å²) < 4.78 is 34.4. The number of rotatable bonds is 70. The molecule has 0 spiro atoms. The second-order valence-corrected chi connectivity index (χ2v) is 28.0. The van der Waals surface area contributed by atoms with Crippen LogP contribution in [0.1, 0.15) is 348 Å². The van der Waals surface area contributed by atoms with Crippen molar-refractivity contribution in [2.24, 2.45) is 0 Å². The molecule has 0 aromatic carbocycles. The molecular weight excluding hydrogens is 1130 g/mol. The summed E-state index contributed by atoms with van der Waals surface area (Å²) >= 11 is 0. The normalized spacial score (nSPS) is 13.6. The molecule has 0 aliphatic heterocycles. The third kappa shape index (κ3) is 74.0. The van der Waals surface area contributed by atoms with E-state index in [0.29, 0.717) is 17.4 Å². The Labute approximate surface area is 557 Å². The molecule has 0 N–H and O–H groups in total. The monoisotopic (exact) mass is 1280 g/mol. The Kier molecular flexibility index (Phi) is 67.9. The number of phosphoric ester groups is 1. The summed E-state index contributed by atoms with van der Waals surface area (Å²) in [7, 11) is 1.17. The van der Waals surface area contributed by atoms with Crippen molar-refractivity contribution < 1.29 is 42.1 Å². The van der Waals surface area contributed by atoms with Crippen LogP contribution in [0.2, 0.25) is 0 Å². The highest BCUT2D eigenvalue weighted by Gasteiger charge is 2.22. The molecule has 522 valence electrons. The van der Waals surface area contributed by atoms with Crippen molar-refractivity contribution in [2.45, 2.75) is 354 Å². The van der Waals surface area contributed by atoms with Gasteiger partial charge in [-0.1, -0.05) is 336 Å². The lowest BCUT2D eigenvalue weighted by Gasteiger charge is -2.28. The first-order chi connectivity index (χ1) is 44.0. The predicted molar refractivity (Wildman–Crippen MR) is 388 cm³/mol. The van der Waals surface area contributed by atoms with Gasteiger partial charge in [-0.3, -0.25) is 14.2 Å². The Bertz CT molecular complexity index is 1840. The largest absolute Gasteiger partial charge is 0.756 e. The molecule has 10 heteroatoms. The Morgan fingerprint density at radius 2 is 0.633 bits per heavy atom. The summed E-state index contributed by atoms with van der Waals surface area (Å²) in [5.74, 6) is -0.820. The second kappa shape index (κ2) is 70.3. The van der Waals surface area contributed by atoms with Gasteiger partial charge in [-0.25, -0.2) is 0 Å². The Morgan fingerprint density at radius 3 is 0.956 bits per heavy atom. The minimum atomic E-state index is -4.65. The van der Waals surface area contributed by atoms with E-state index >= 15 is 0 Å². The maximum absolute atomic E-state index is 12.9. The van der Waals surface area contributed by atoms with E-state index < -0.39 is 26.5 Å². The van der Waals surface area contributed by atoms with Crippen molar-refractivity contribution in [3.63, 3.8) is 0 Å². The van der Waals surface area contributed by atoms with Gasteiger partial charge in [0.25, 0.3) is 7.82 Å². The van der Waals surface area contributed by atoms with Gasteiger partial charge in [0.1, 0.15) is 19.8 Å². The number of unbranched alkanes of at least 4 members (excludes halogenated alkanes) is 40. The molecule has 0 bridgehead atoms. The lowest BCUT2D eigenvalue weighted by atomic mass is 10.0. The molecule has 0 aliphatic carbocycles. The molecule has 0 rings (SSSR count). The van der Waals surface area contributed by atoms with Crippen LogP contribution in [0, 0.1) is 0 Å². The predicted octanol–water partition coefficient (Wildman–Crippen LogP) is 24.4. The molecule has 0 saturated carbocycles. The first kappa shape index (κ1) is 86.9. The fourth-order valence-corrected chi connectivity index (χ4v) is 11.5. The highest BCUT2D eigenvalue weighted by Crippen LogP contribution is 2.38. The average Bonchev–Trinajstić information content (AvgIpc) is 3.58. The van der Waals surface area contributed by atoms with Crippen LogP contribution in [-0.4, -0.2) is 70.0 Å². The lowest BCUT2D eigenvalue weighted by molar-refractivity contribution is -0.870. The van der Waals surface area contributed by atoms with Crippen LogP contribution in [0.3, 0.4) is 0 Å². The molecule has 0 heterocycles. The summed E-state index contributed by atoms with van der Waals surface area (Å²) in [6.45, 7) is 4.17. The maximum Gasteiger partial charge on any atom is 0.306 e. The standard InChI is InChI=1S/C80H144NO8P/c1-6-8-10-12-14-16-18-20-22-24-26-28-30-32-34-36-37-38-39-40-41-42-43-45-47-49-51-53-55-57-59-61-63-65-67-69-71-73-80(83)89-78(77-88-90(84,85)87-75-74-81(3,4)5)76-86-79(82)72-70-68-66-64-62-60-58-56-54-52-50-48-46-44-35-33-31-29-27-25-23-21-19-17-15-13-11-9-7-2/h8,10,14,16,20,22,25-28,32,34,37-38,40-41,78H,6-7,9,11-13,15,17-19,21,23-24,29-31,33,35-36,39,42-77H2,1-5H3/b10-8-,16-14-,22-20-,27-25-,28-26-,34-32-,38-37-,41-40-. The molecule has 9 nitrogen and oxygen atoms in total. The van der Waals surface area contributed by atoms with Crippen LogP contribution in [0.25, 0.3) is 0 Å². The van der Waals surface area contributed by atoms with Gasteiger partial charge in [-0.15, -0.1) is 0 Å². The molecule has 2 unspecified atom stereocenters. The van der Waals surface area contributed by atoms with Crippen LogP contribution in [0.4, 0.5) is 0 Å². The van der Waals surface area contributed by atoms with E-state index in [1.807, 2.05) is 21.1 Å². The zero-order valence-corrected chi connectivity index (χ0v) is 60.5. The summed E-state index contributed by atoms with van der Waals surface area (Å²) in [4.78, 5) is 38.1. The topological polar surface area (TPSA) is 111 Å². The molecular formula is C80H144NO8P. The van der Waals surface area contributed by atoms with Crippen molar-refractivity contribution in [1.82, 2.24) is 0 Å². The van der Waals surface area contributed by atoms with Crippen molar-refractivity contribution in [3.05, 3.63) is 97.2 Å². The fourth-order valence-electron chi connectivity index (χ4n) is 10.8. The molecule has 0 radical (unpaired) electrons. The quantitative estimate of drug-likeness (QED) is 0.0195. The number of carbonyl (C=O) groups excluding carboxylic acids is 2. The van der Waals surface area contributed by atoms with Crippen LogP contribution >= 0.6 is 7.82 Å². The first-order valence-electron chi connectivity index (χ1n) is 37.9. The van der Waals surface area contributed by atoms with Crippen molar-refractivity contribution in [3.8, 4) is 0 Å². The van der Waals surface area contributed by atoms with E-state index in [4.69, 9.17) is 18.5 Å². The van der Waals surface area contributed by atoms with E-state index in [9.17, 15) is 19.0 Å². The zero-order chi connectivity index (χ0) is 65.5. The van der Waals surface area contributed by atoms with Crippen molar-refractivity contribution in [1.29, 1.82) is 0 Å². The van der Waals surface area contributed by atoms with E-state index in [-0.39, 0.29) is 32.0 Å². The number of ether oxygens (including phenoxy) is 2. The van der Waals surface area contributed by atoms with Gasteiger partial charge >= 0.3 is 11.9 Å². The molecule has 0 amide bonds. The molecule has 0 aromatic rings. The fraction of sp³-hybridized carbons (Fsp3) is 0.775. The van der Waals surface area contributed by atoms with Crippen LogP contribution in [0.15, 0.2) is 97.2 Å². The molecule has 0 fully saturated rings. The zero-order valence-electron chi connectivity index (χ0n) is 59.6. The summed E-state index contributed by atoms with van der Waals surface area (Å²) in [5.41, 5.74) is 0. The molecule has 2 atom stereocenters. The third-order valence-corrected chi connectivity index (χ3v) is 17.6. The van der Waals surface area contributed by atoms with E-state index in [1.54, 1.807) is 0 Å². The number of quaternary nitrogens is 1. The van der Waals surface area contributed by atoms with Crippen LogP contribution in [0.5, 0.6) is 0 Å². The Morgan fingerprint density at radius 1 is 0.356 bits per heavy atom. The lowest BCUT2D eigenvalue weighted by Crippen LogP contribution is -2.37. The van der Waals surface area contributed by atoms with Crippen molar-refractivity contribution >= 4 is 19.8 Å². The molecule has 0 saturated heterocycles. The number of hydrogen-bond donors (Lipinski definition) is 0. The smallest absolute Gasteiger partial charge is 0.306 e. The number of allylic oxidation sites excluding steroid dienone is 16. The summed E-state index contributed by atoms with van der Waals surface area (Å²) in [6.07, 6.45) is 97.9. The minimum absolute atomic E-state index is 0.0319. The second-order valence-electron chi connectivity index (χ2n) is 26.6. The van der Waals surface area contributed by atoms with E-state index in [2.05, 4.69) is 111 Å². The number of phosphoric acid groups is 1. The van der Waals surface area contributed by atoms with Gasteiger partial charge in [0, 0.05) is 12.8 Å². The molecule has 90 heavy (non-hydrogen) atoms. The molecule has 0 aromatic heterocycles. The highest BCUT2D eigenvalue weighted by atomic mass is 31.2. The Hall–Kier alpha value is -3.07. The summed E-state index contributed by atoms with van der Waals surface area (Å²) in [6, 6.07) is 0. The number of nitrogens with zero attached hydrogens (tertiary/aromatic N) is 1. The average molecular weight is 1280 g/mol. The van der Waals surface area contributed by atoms with E-state index in [1.165, 1.54) is 231 Å². The molecule has 0 aliphatic rings. The van der Waals surface area contributed by atoms with Gasteiger partial charge < -0.3 is 27.9 Å². The maximum atomic E-state index is 12.9. The highest BCUT2D eigenvalue weighted by molar-refractivity contribution is 7.45.